The van der Waals surface area contributed by atoms with Crippen molar-refractivity contribution in [2.24, 2.45) is 0 Å². The molecule has 2 aliphatic carbocycles. The second-order valence-electron chi connectivity index (χ2n) is 15.2. The Morgan fingerprint density at radius 2 is 1.07 bits per heavy atom. The van der Waals surface area contributed by atoms with Crippen molar-refractivity contribution in [3.8, 4) is 50.2 Å². The van der Waals surface area contributed by atoms with Crippen molar-refractivity contribution >= 4 is 32.6 Å². The van der Waals surface area contributed by atoms with Crippen LogP contribution >= 0.6 is 0 Å². The predicted molar refractivity (Wildman–Crippen MR) is 230 cm³/mol. The van der Waals surface area contributed by atoms with Crippen LogP contribution in [0, 0.1) is 0 Å². The van der Waals surface area contributed by atoms with Crippen LogP contribution in [0.25, 0.3) is 82.8 Å². The number of fused-ring (bicyclic) bond motifs is 11. The predicted octanol–water partition coefficient (Wildman–Crippen LogP) is 14.0. The van der Waals surface area contributed by atoms with Gasteiger partial charge in [0.05, 0.1) is 11.0 Å². The SMILES string of the molecule is c1ccc(-c2cccc(-n3c4ccc(-c5ccc6c(c5)-c5ccccc5C6c5cccc6ccccc56)cc4c4ccc5c(c43)Cc3ccccc3-5)c2)cc1. The van der Waals surface area contributed by atoms with Crippen molar-refractivity contribution < 1.29 is 0 Å². The molecular formula is C54H35N. The van der Waals surface area contributed by atoms with Gasteiger partial charge in [-0.3, -0.25) is 0 Å². The summed E-state index contributed by atoms with van der Waals surface area (Å²) in [6.07, 6.45) is 0.937. The molecule has 0 bridgehead atoms. The number of aromatic nitrogens is 1. The van der Waals surface area contributed by atoms with E-state index in [0.29, 0.717) is 0 Å². The molecule has 1 nitrogen and oxygen atoms in total. The molecule has 1 atom stereocenters. The Kier molecular flexibility index (Phi) is 6.53. The molecule has 1 heterocycles. The fourth-order valence-electron chi connectivity index (χ4n) is 9.86. The Bertz CT molecular complexity index is 3170. The molecule has 0 N–H and O–H groups in total. The quantitative estimate of drug-likeness (QED) is 0.173. The van der Waals surface area contributed by atoms with Gasteiger partial charge in [-0.05, 0) is 113 Å². The minimum Gasteiger partial charge on any atom is -0.309 e. The Labute approximate surface area is 320 Å². The van der Waals surface area contributed by atoms with Crippen molar-refractivity contribution in [2.45, 2.75) is 12.3 Å². The molecule has 1 unspecified atom stereocenters. The molecule has 1 heteroatoms. The number of nitrogens with zero attached hydrogens (tertiary/aromatic N) is 1. The third-order valence-electron chi connectivity index (χ3n) is 12.3. The Balaban J connectivity index is 1.05. The highest BCUT2D eigenvalue weighted by Gasteiger charge is 2.31. The summed E-state index contributed by atoms with van der Waals surface area (Å²) < 4.78 is 2.53. The standard InChI is InChI=1S/C54H35N/c1-2-12-34(13-3-1)36-17-10-18-40(30-36)55-52-29-25-38(32-50(52)48-28-27-44-42-20-7-5-15-39(42)33-51(44)54(48)55)37-24-26-47-49(31-37)43-21-8-9-22-46(43)53(47)45-23-11-16-35-14-4-6-19-41(35)45/h1-32,53H,33H2. The van der Waals surface area contributed by atoms with Gasteiger partial charge >= 0.3 is 0 Å². The van der Waals surface area contributed by atoms with Crippen LogP contribution in [0.2, 0.25) is 0 Å². The molecule has 0 radical (unpaired) electrons. The maximum atomic E-state index is 2.53. The molecule has 2 aliphatic rings. The van der Waals surface area contributed by atoms with Crippen molar-refractivity contribution in [1.29, 1.82) is 0 Å². The molecule has 0 spiro atoms. The molecule has 0 saturated carbocycles. The number of hydrogen-bond acceptors (Lipinski definition) is 0. The minimum atomic E-state index is 0.199. The summed E-state index contributed by atoms with van der Waals surface area (Å²) in [5.41, 5.74) is 21.0. The van der Waals surface area contributed by atoms with Crippen molar-refractivity contribution in [2.75, 3.05) is 0 Å². The first-order valence-electron chi connectivity index (χ1n) is 19.3. The van der Waals surface area contributed by atoms with E-state index in [0.717, 1.165) is 6.42 Å². The van der Waals surface area contributed by atoms with Gasteiger partial charge in [0.2, 0.25) is 0 Å². The van der Waals surface area contributed by atoms with Gasteiger partial charge in [-0.2, -0.15) is 0 Å². The van der Waals surface area contributed by atoms with Crippen LogP contribution in [0.15, 0.2) is 194 Å². The normalized spacial score (nSPS) is 13.9. The van der Waals surface area contributed by atoms with Crippen molar-refractivity contribution in [1.82, 2.24) is 4.57 Å². The van der Waals surface area contributed by atoms with Gasteiger partial charge in [-0.1, -0.05) is 164 Å². The van der Waals surface area contributed by atoms with Gasteiger partial charge in [0, 0.05) is 28.8 Å². The summed E-state index contributed by atoms with van der Waals surface area (Å²) in [5, 5.41) is 5.20. The lowest BCUT2D eigenvalue weighted by molar-refractivity contribution is 1.03. The van der Waals surface area contributed by atoms with Crippen LogP contribution in [0.1, 0.15) is 33.7 Å². The second kappa shape index (κ2) is 11.8. The van der Waals surface area contributed by atoms with E-state index in [1.54, 1.807) is 0 Å². The first kappa shape index (κ1) is 30.5. The van der Waals surface area contributed by atoms with Gasteiger partial charge in [0.15, 0.2) is 0 Å². The van der Waals surface area contributed by atoms with Crippen molar-refractivity contribution in [3.05, 3.63) is 222 Å². The van der Waals surface area contributed by atoms with Crippen LogP contribution in [-0.2, 0) is 6.42 Å². The molecule has 0 aliphatic heterocycles. The Morgan fingerprint density at radius 3 is 2.02 bits per heavy atom. The lowest BCUT2D eigenvalue weighted by Gasteiger charge is -2.17. The molecule has 0 amide bonds. The van der Waals surface area contributed by atoms with Crippen LogP contribution in [-0.4, -0.2) is 4.57 Å². The molecular weight excluding hydrogens is 663 g/mol. The van der Waals surface area contributed by atoms with E-state index in [4.69, 9.17) is 0 Å². The lowest BCUT2D eigenvalue weighted by atomic mass is 9.86. The highest BCUT2D eigenvalue weighted by atomic mass is 15.0. The average molecular weight is 698 g/mol. The molecule has 256 valence electrons. The number of rotatable bonds is 4. The maximum Gasteiger partial charge on any atom is 0.0582 e. The summed E-state index contributed by atoms with van der Waals surface area (Å²) in [6.45, 7) is 0. The van der Waals surface area contributed by atoms with Gasteiger partial charge < -0.3 is 4.57 Å². The summed E-state index contributed by atoms with van der Waals surface area (Å²) in [6, 6.07) is 72.3. The van der Waals surface area contributed by atoms with Gasteiger partial charge in [0.25, 0.3) is 0 Å². The van der Waals surface area contributed by atoms with Crippen LogP contribution in [0.4, 0.5) is 0 Å². The Hall–Kier alpha value is -6.96. The molecule has 55 heavy (non-hydrogen) atoms. The molecule has 1 aromatic heterocycles. The van der Waals surface area contributed by atoms with Crippen molar-refractivity contribution in [3.63, 3.8) is 0 Å². The smallest absolute Gasteiger partial charge is 0.0582 e. The van der Waals surface area contributed by atoms with Crippen LogP contribution < -0.4 is 0 Å². The molecule has 0 fully saturated rings. The number of benzene rings is 9. The minimum absolute atomic E-state index is 0.199. The molecule has 12 rings (SSSR count). The maximum absolute atomic E-state index is 2.53. The Morgan fingerprint density at radius 1 is 0.382 bits per heavy atom. The summed E-state index contributed by atoms with van der Waals surface area (Å²) in [5.74, 6) is 0.199. The fraction of sp³-hybridized carbons (Fsp3) is 0.0370. The van der Waals surface area contributed by atoms with E-state index in [1.165, 1.54) is 111 Å². The van der Waals surface area contributed by atoms with E-state index < -0.39 is 0 Å². The monoisotopic (exact) mass is 697 g/mol. The van der Waals surface area contributed by atoms with E-state index in [1.807, 2.05) is 0 Å². The highest BCUT2D eigenvalue weighted by Crippen LogP contribution is 2.51. The molecule has 9 aromatic carbocycles. The zero-order chi connectivity index (χ0) is 36.0. The van der Waals surface area contributed by atoms with Crippen LogP contribution in [0.3, 0.4) is 0 Å². The van der Waals surface area contributed by atoms with E-state index in [2.05, 4.69) is 199 Å². The lowest BCUT2D eigenvalue weighted by Crippen LogP contribution is -2.00. The average Bonchev–Trinajstić information content (AvgIpc) is 3.91. The largest absolute Gasteiger partial charge is 0.309 e. The van der Waals surface area contributed by atoms with Crippen LogP contribution in [0.5, 0.6) is 0 Å². The third-order valence-corrected chi connectivity index (χ3v) is 12.3. The second-order valence-corrected chi connectivity index (χ2v) is 15.2. The van der Waals surface area contributed by atoms with Gasteiger partial charge in [-0.15, -0.1) is 0 Å². The topological polar surface area (TPSA) is 4.93 Å². The zero-order valence-electron chi connectivity index (χ0n) is 30.2. The zero-order valence-corrected chi connectivity index (χ0v) is 30.2. The fourth-order valence-corrected chi connectivity index (χ4v) is 9.86. The number of hydrogen-bond donors (Lipinski definition) is 0. The summed E-state index contributed by atoms with van der Waals surface area (Å²) in [4.78, 5) is 0. The highest BCUT2D eigenvalue weighted by molar-refractivity contribution is 6.13. The summed E-state index contributed by atoms with van der Waals surface area (Å²) in [7, 11) is 0. The van der Waals surface area contributed by atoms with E-state index in [-0.39, 0.29) is 5.92 Å². The first-order valence-corrected chi connectivity index (χ1v) is 19.3. The van der Waals surface area contributed by atoms with E-state index >= 15 is 0 Å². The summed E-state index contributed by atoms with van der Waals surface area (Å²) >= 11 is 0. The third kappa shape index (κ3) is 4.54. The first-order chi connectivity index (χ1) is 27.3. The molecule has 10 aromatic rings. The molecule has 0 saturated heterocycles. The van der Waals surface area contributed by atoms with E-state index in [9.17, 15) is 0 Å². The van der Waals surface area contributed by atoms with Gasteiger partial charge in [-0.25, -0.2) is 0 Å². The van der Waals surface area contributed by atoms with Gasteiger partial charge in [0.1, 0.15) is 0 Å².